The lowest BCUT2D eigenvalue weighted by Crippen LogP contribution is -2.50. The van der Waals surface area contributed by atoms with E-state index in [0.29, 0.717) is 16.5 Å². The molecule has 2 aromatic carbocycles. The maximum absolute atomic E-state index is 12.8. The molecular weight excluding hydrogens is 400 g/mol. The fraction of sp³-hybridized carbons (Fsp3) is 0.350. The predicted octanol–water partition coefficient (Wildman–Crippen LogP) is 3.36. The van der Waals surface area contributed by atoms with Gasteiger partial charge < -0.3 is 10.1 Å². The van der Waals surface area contributed by atoms with Crippen LogP contribution in [-0.2, 0) is 14.8 Å². The Labute approximate surface area is 170 Å². The summed E-state index contributed by atoms with van der Waals surface area (Å²) in [5, 5.41) is 3.33. The van der Waals surface area contributed by atoms with Crippen LogP contribution in [0.2, 0.25) is 5.02 Å². The lowest BCUT2D eigenvalue weighted by molar-refractivity contribution is -0.128. The van der Waals surface area contributed by atoms with Crippen LogP contribution >= 0.6 is 11.6 Å². The molecule has 0 radical (unpaired) electrons. The zero-order valence-corrected chi connectivity index (χ0v) is 17.8. The summed E-state index contributed by atoms with van der Waals surface area (Å²) >= 11 is 6.00. The minimum absolute atomic E-state index is 0.114. The van der Waals surface area contributed by atoms with E-state index in [0.717, 1.165) is 27.3 Å². The number of nitrogens with one attached hydrogen (secondary N) is 1. The molecule has 1 amide bonds. The number of carbonyl (C=O) groups is 1. The summed E-state index contributed by atoms with van der Waals surface area (Å²) in [6.45, 7) is 5.76. The Balaban J connectivity index is 1.84. The van der Waals surface area contributed by atoms with Crippen LogP contribution in [-0.4, -0.2) is 33.2 Å². The molecule has 1 heterocycles. The zero-order valence-electron chi connectivity index (χ0n) is 16.2. The monoisotopic (exact) mass is 422 g/mol. The normalized spacial score (nSPS) is 17.5. The van der Waals surface area contributed by atoms with E-state index in [1.807, 2.05) is 39.0 Å². The number of hydrogen-bond donors (Lipinski definition) is 1. The Hall–Kier alpha value is -2.25. The van der Waals surface area contributed by atoms with Crippen molar-refractivity contribution in [2.75, 3.05) is 17.1 Å². The van der Waals surface area contributed by atoms with E-state index in [1.165, 1.54) is 6.07 Å². The van der Waals surface area contributed by atoms with Gasteiger partial charge in [0.15, 0.2) is 6.10 Å². The summed E-state index contributed by atoms with van der Waals surface area (Å²) in [7, 11) is -3.60. The number of benzene rings is 2. The van der Waals surface area contributed by atoms with Gasteiger partial charge in [-0.25, -0.2) is 8.42 Å². The van der Waals surface area contributed by atoms with Crippen LogP contribution in [0.5, 0.6) is 5.75 Å². The van der Waals surface area contributed by atoms with Gasteiger partial charge in [-0.1, -0.05) is 35.4 Å². The average molecular weight is 423 g/mol. The van der Waals surface area contributed by atoms with Crippen LogP contribution < -0.4 is 14.4 Å². The Morgan fingerprint density at radius 3 is 2.64 bits per heavy atom. The maximum Gasteiger partial charge on any atom is 0.263 e. The van der Waals surface area contributed by atoms with Crippen molar-refractivity contribution < 1.29 is 17.9 Å². The van der Waals surface area contributed by atoms with Crippen molar-refractivity contribution in [1.82, 2.24) is 5.32 Å². The highest BCUT2D eigenvalue weighted by atomic mass is 35.5. The fourth-order valence-electron chi connectivity index (χ4n) is 3.29. The Morgan fingerprint density at radius 1 is 1.25 bits per heavy atom. The topological polar surface area (TPSA) is 75.7 Å². The third-order valence-electron chi connectivity index (χ3n) is 4.74. The molecule has 0 spiro atoms. The summed E-state index contributed by atoms with van der Waals surface area (Å²) < 4.78 is 31.4. The van der Waals surface area contributed by atoms with E-state index in [4.69, 9.17) is 16.3 Å². The number of aryl methyl sites for hydroxylation is 2. The molecule has 1 N–H and O–H groups in total. The predicted molar refractivity (Wildman–Crippen MR) is 111 cm³/mol. The highest BCUT2D eigenvalue weighted by Gasteiger charge is 2.35. The molecule has 1 aliphatic rings. The number of halogens is 1. The van der Waals surface area contributed by atoms with Crippen molar-refractivity contribution in [3.05, 3.63) is 58.1 Å². The van der Waals surface area contributed by atoms with Gasteiger partial charge in [0.2, 0.25) is 10.0 Å². The molecular formula is C20H23ClN2O4S. The number of ether oxygens (including phenoxy) is 1. The number of fused-ring (bicyclic) bond motifs is 1. The SMILES string of the molecule is Cc1ccc(C)c([C@H](C)NC(=O)[C@H]2CN(S(C)(=O)=O)c3cc(Cl)ccc3O2)c1. The van der Waals surface area contributed by atoms with Crippen molar-refractivity contribution in [1.29, 1.82) is 0 Å². The number of nitrogens with zero attached hydrogens (tertiary/aromatic N) is 1. The highest BCUT2D eigenvalue weighted by molar-refractivity contribution is 7.92. The molecule has 150 valence electrons. The first-order valence-electron chi connectivity index (χ1n) is 8.87. The minimum atomic E-state index is -3.60. The smallest absolute Gasteiger partial charge is 0.263 e. The number of amides is 1. The van der Waals surface area contributed by atoms with E-state index in [1.54, 1.807) is 12.1 Å². The van der Waals surface area contributed by atoms with Crippen molar-refractivity contribution in [3.63, 3.8) is 0 Å². The van der Waals surface area contributed by atoms with E-state index < -0.39 is 16.1 Å². The summed E-state index contributed by atoms with van der Waals surface area (Å²) in [5.74, 6) is -0.0664. The second-order valence-electron chi connectivity index (χ2n) is 7.10. The number of anilines is 1. The molecule has 2 atom stereocenters. The number of carbonyl (C=O) groups excluding carboxylic acids is 1. The molecule has 0 aliphatic carbocycles. The molecule has 0 saturated heterocycles. The third-order valence-corrected chi connectivity index (χ3v) is 6.12. The van der Waals surface area contributed by atoms with Gasteiger partial charge in [-0.3, -0.25) is 9.10 Å². The van der Waals surface area contributed by atoms with Crippen LogP contribution in [0.1, 0.15) is 29.7 Å². The van der Waals surface area contributed by atoms with Crippen LogP contribution in [0, 0.1) is 13.8 Å². The van der Waals surface area contributed by atoms with E-state index >= 15 is 0 Å². The molecule has 6 nitrogen and oxygen atoms in total. The molecule has 2 aromatic rings. The largest absolute Gasteiger partial charge is 0.476 e. The second kappa shape index (κ2) is 7.64. The summed E-state index contributed by atoms with van der Waals surface area (Å²) in [4.78, 5) is 12.8. The molecule has 0 fully saturated rings. The first kappa shape index (κ1) is 20.5. The van der Waals surface area contributed by atoms with E-state index in [-0.39, 0.29) is 18.5 Å². The van der Waals surface area contributed by atoms with Gasteiger partial charge in [0.25, 0.3) is 5.91 Å². The van der Waals surface area contributed by atoms with Gasteiger partial charge in [0.05, 0.1) is 24.5 Å². The Morgan fingerprint density at radius 2 is 1.96 bits per heavy atom. The molecule has 0 bridgehead atoms. The first-order chi connectivity index (χ1) is 13.1. The standard InChI is InChI=1S/C20H23ClN2O4S/c1-12-5-6-13(2)16(9-12)14(3)22-20(24)19-11-23(28(4,25)26)17-10-15(21)7-8-18(17)27-19/h5-10,14,19H,11H2,1-4H3,(H,22,24)/t14-,19+/m0/s1. The van der Waals surface area contributed by atoms with Crippen molar-refractivity contribution in [2.24, 2.45) is 0 Å². The van der Waals surface area contributed by atoms with E-state index in [9.17, 15) is 13.2 Å². The second-order valence-corrected chi connectivity index (χ2v) is 9.45. The van der Waals surface area contributed by atoms with Gasteiger partial charge in [-0.05, 0) is 50.1 Å². The lowest BCUT2D eigenvalue weighted by atomic mass is 10.00. The summed E-state index contributed by atoms with van der Waals surface area (Å²) in [6, 6.07) is 10.5. The fourth-order valence-corrected chi connectivity index (χ4v) is 4.36. The van der Waals surface area contributed by atoms with Gasteiger partial charge in [0, 0.05) is 5.02 Å². The molecule has 28 heavy (non-hydrogen) atoms. The molecule has 0 unspecified atom stereocenters. The number of rotatable bonds is 4. The lowest BCUT2D eigenvalue weighted by Gasteiger charge is -2.34. The average Bonchev–Trinajstić information content (AvgIpc) is 2.61. The zero-order chi connectivity index (χ0) is 20.6. The van der Waals surface area contributed by atoms with Gasteiger partial charge in [-0.2, -0.15) is 0 Å². The molecule has 0 aromatic heterocycles. The van der Waals surface area contributed by atoms with E-state index in [2.05, 4.69) is 5.32 Å². The van der Waals surface area contributed by atoms with Crippen LogP contribution in [0.4, 0.5) is 5.69 Å². The van der Waals surface area contributed by atoms with Crippen molar-refractivity contribution in [2.45, 2.75) is 32.9 Å². The quantitative estimate of drug-likeness (QED) is 0.819. The Bertz CT molecular complexity index is 1020. The first-order valence-corrected chi connectivity index (χ1v) is 11.1. The van der Waals surface area contributed by atoms with Gasteiger partial charge >= 0.3 is 0 Å². The van der Waals surface area contributed by atoms with Gasteiger partial charge in [0.1, 0.15) is 5.75 Å². The third kappa shape index (κ3) is 4.25. The number of sulfonamides is 1. The minimum Gasteiger partial charge on any atom is -0.476 e. The highest BCUT2D eigenvalue weighted by Crippen LogP contribution is 2.37. The molecule has 3 rings (SSSR count). The van der Waals surface area contributed by atoms with Crippen LogP contribution in [0.15, 0.2) is 36.4 Å². The van der Waals surface area contributed by atoms with Gasteiger partial charge in [-0.15, -0.1) is 0 Å². The van der Waals surface area contributed by atoms with Crippen molar-refractivity contribution in [3.8, 4) is 5.75 Å². The maximum atomic E-state index is 12.8. The van der Waals surface area contributed by atoms with Crippen LogP contribution in [0.25, 0.3) is 0 Å². The number of hydrogen-bond acceptors (Lipinski definition) is 4. The summed E-state index contributed by atoms with van der Waals surface area (Å²) in [5.41, 5.74) is 3.52. The molecule has 8 heteroatoms. The van der Waals surface area contributed by atoms with Crippen LogP contribution in [0.3, 0.4) is 0 Å². The van der Waals surface area contributed by atoms with Crippen molar-refractivity contribution >= 4 is 33.2 Å². The Kier molecular flexibility index (Phi) is 5.59. The molecule has 1 aliphatic heterocycles. The summed E-state index contributed by atoms with van der Waals surface area (Å²) in [6.07, 6.45) is 0.132. The molecule has 0 saturated carbocycles.